The Morgan fingerprint density at radius 2 is 1.57 bits per heavy atom. The monoisotopic (exact) mass is 404 g/mol. The fourth-order valence-electron chi connectivity index (χ4n) is 2.77. The molecule has 1 aromatic heterocycles. The van der Waals surface area contributed by atoms with E-state index in [1.165, 1.54) is 18.3 Å². The van der Waals surface area contributed by atoms with Crippen LogP contribution in [0.1, 0.15) is 33.9 Å². The van der Waals surface area contributed by atoms with E-state index in [0.717, 1.165) is 12.1 Å². The fraction of sp³-hybridized carbons (Fsp3) is 0.0952. The van der Waals surface area contributed by atoms with Crippen molar-refractivity contribution in [3.63, 3.8) is 0 Å². The Balaban J connectivity index is 1.99. The lowest BCUT2D eigenvalue weighted by Gasteiger charge is -2.17. The number of aromatic nitrogens is 2. The normalized spacial score (nSPS) is 11.6. The minimum absolute atomic E-state index is 0.0684. The maximum Gasteiger partial charge on any atom is 0.416 e. The maximum atomic E-state index is 13.5. The number of nitrogens with one attached hydrogen (secondary N) is 1. The van der Waals surface area contributed by atoms with Gasteiger partial charge in [-0.1, -0.05) is 6.07 Å². The average molecular weight is 404 g/mol. The first kappa shape index (κ1) is 20.3. The van der Waals surface area contributed by atoms with E-state index in [4.69, 9.17) is 10.5 Å². The molecule has 0 spiro atoms. The van der Waals surface area contributed by atoms with Crippen molar-refractivity contribution in [1.82, 2.24) is 9.97 Å². The average Bonchev–Trinajstić information content (AvgIpc) is 2.74. The number of hydrogen-bond acceptors (Lipinski definition) is 6. The molecule has 3 aromatic rings. The molecule has 9 heteroatoms. The van der Waals surface area contributed by atoms with Crippen LogP contribution in [0.2, 0.25) is 0 Å². The summed E-state index contributed by atoms with van der Waals surface area (Å²) in [5, 5.41) is 30.2. The third kappa shape index (κ3) is 4.35. The first-order valence-corrected chi connectivity index (χ1v) is 8.46. The van der Waals surface area contributed by atoms with Gasteiger partial charge in [-0.05, 0) is 48.0 Å². The summed E-state index contributed by atoms with van der Waals surface area (Å²) in [6.07, 6.45) is -3.41. The van der Waals surface area contributed by atoms with Crippen LogP contribution in [0.4, 0.5) is 24.8 Å². The van der Waals surface area contributed by atoms with E-state index in [9.17, 15) is 18.4 Å². The lowest BCUT2D eigenvalue weighted by Crippen LogP contribution is -2.14. The second-order valence-corrected chi connectivity index (χ2v) is 6.09. The molecule has 0 aliphatic carbocycles. The number of anilines is 2. The van der Waals surface area contributed by atoms with Crippen LogP contribution in [0.15, 0.2) is 54.7 Å². The van der Waals surface area contributed by atoms with Crippen molar-refractivity contribution in [3.8, 4) is 18.2 Å². The Bertz CT molecular complexity index is 1200. The first-order chi connectivity index (χ1) is 14.4. The molecule has 3 rings (SSSR count). The molecule has 30 heavy (non-hydrogen) atoms. The molecule has 0 aliphatic rings. The zero-order valence-corrected chi connectivity index (χ0v) is 15.1. The fourth-order valence-corrected chi connectivity index (χ4v) is 2.77. The Hall–Kier alpha value is -4.42. The largest absolute Gasteiger partial charge is 0.416 e. The van der Waals surface area contributed by atoms with E-state index in [0.29, 0.717) is 11.3 Å². The molecule has 0 saturated heterocycles. The van der Waals surface area contributed by atoms with Crippen molar-refractivity contribution in [2.24, 2.45) is 0 Å². The van der Waals surface area contributed by atoms with Crippen molar-refractivity contribution in [1.29, 1.82) is 15.8 Å². The van der Waals surface area contributed by atoms with Gasteiger partial charge in [-0.3, -0.25) is 0 Å². The third-order valence-corrected chi connectivity index (χ3v) is 4.17. The van der Waals surface area contributed by atoms with Gasteiger partial charge < -0.3 is 5.32 Å². The molecular formula is C21H11F3N6. The number of hydrogen-bond donors (Lipinski definition) is 1. The number of benzene rings is 2. The van der Waals surface area contributed by atoms with Crippen LogP contribution in [-0.2, 0) is 6.18 Å². The first-order valence-electron chi connectivity index (χ1n) is 8.46. The Morgan fingerprint density at radius 3 is 2.17 bits per heavy atom. The Morgan fingerprint density at radius 1 is 0.900 bits per heavy atom. The highest BCUT2D eigenvalue weighted by atomic mass is 19.4. The van der Waals surface area contributed by atoms with E-state index < -0.39 is 17.7 Å². The van der Waals surface area contributed by atoms with Gasteiger partial charge in [0.25, 0.3) is 0 Å². The topological polar surface area (TPSA) is 109 Å². The summed E-state index contributed by atoms with van der Waals surface area (Å²) in [6.45, 7) is 0. The van der Waals surface area contributed by atoms with Gasteiger partial charge in [0.2, 0.25) is 5.95 Å². The highest BCUT2D eigenvalue weighted by Crippen LogP contribution is 2.37. The van der Waals surface area contributed by atoms with E-state index in [-0.39, 0.29) is 22.8 Å². The van der Waals surface area contributed by atoms with Crippen molar-refractivity contribution in [2.45, 2.75) is 12.1 Å². The van der Waals surface area contributed by atoms with Crippen molar-refractivity contribution in [3.05, 3.63) is 82.7 Å². The molecule has 1 atom stereocenters. The zero-order chi connectivity index (χ0) is 21.7. The third-order valence-electron chi connectivity index (χ3n) is 4.17. The van der Waals surface area contributed by atoms with Crippen LogP contribution < -0.4 is 5.32 Å². The summed E-state index contributed by atoms with van der Waals surface area (Å²) >= 11 is 0. The van der Waals surface area contributed by atoms with Crippen LogP contribution in [0.5, 0.6) is 0 Å². The minimum Gasteiger partial charge on any atom is -0.324 e. The number of halogens is 3. The SMILES string of the molecule is N#Cc1ccc(Nc2nccc(C(C#N)c3ccc(C#N)cc3C(F)(F)F)n2)cc1. The molecule has 1 heterocycles. The molecule has 1 unspecified atom stereocenters. The van der Waals surface area contributed by atoms with Gasteiger partial charge in [-0.2, -0.15) is 29.0 Å². The highest BCUT2D eigenvalue weighted by Gasteiger charge is 2.36. The van der Waals surface area contributed by atoms with Gasteiger partial charge in [0, 0.05) is 11.9 Å². The molecule has 0 radical (unpaired) electrons. The van der Waals surface area contributed by atoms with E-state index in [2.05, 4.69) is 15.3 Å². The van der Waals surface area contributed by atoms with Gasteiger partial charge in [0.1, 0.15) is 5.92 Å². The van der Waals surface area contributed by atoms with Crippen LogP contribution in [0.25, 0.3) is 0 Å². The smallest absolute Gasteiger partial charge is 0.324 e. The number of alkyl halides is 3. The predicted molar refractivity (Wildman–Crippen MR) is 100 cm³/mol. The summed E-state index contributed by atoms with van der Waals surface area (Å²) in [4.78, 5) is 8.21. The van der Waals surface area contributed by atoms with Gasteiger partial charge >= 0.3 is 6.18 Å². The van der Waals surface area contributed by atoms with Gasteiger partial charge in [0.05, 0.1) is 40.6 Å². The summed E-state index contributed by atoms with van der Waals surface area (Å²) < 4.78 is 40.6. The Kier molecular flexibility index (Phi) is 5.62. The van der Waals surface area contributed by atoms with Gasteiger partial charge in [-0.25, -0.2) is 9.97 Å². The number of rotatable bonds is 4. The van der Waals surface area contributed by atoms with Gasteiger partial charge in [-0.15, -0.1) is 0 Å². The summed E-state index contributed by atoms with van der Waals surface area (Å²) in [5.74, 6) is -1.24. The number of nitriles is 3. The van der Waals surface area contributed by atoms with Gasteiger partial charge in [0.15, 0.2) is 0 Å². The summed E-state index contributed by atoms with van der Waals surface area (Å²) in [7, 11) is 0. The standard InChI is InChI=1S/C21H11F3N6/c22-21(23,24)18-9-14(11-26)3-6-16(18)17(12-27)19-7-8-28-20(30-19)29-15-4-1-13(10-25)2-5-15/h1-9,17H,(H,28,29,30). The molecule has 0 fully saturated rings. The molecule has 146 valence electrons. The molecule has 0 bridgehead atoms. The molecule has 6 nitrogen and oxygen atoms in total. The molecule has 1 N–H and O–H groups in total. The molecule has 0 amide bonds. The van der Waals surface area contributed by atoms with Crippen LogP contribution >= 0.6 is 0 Å². The predicted octanol–water partition coefficient (Wildman–Crippen LogP) is 4.64. The lowest BCUT2D eigenvalue weighted by atomic mass is 9.91. The summed E-state index contributed by atoms with van der Waals surface area (Å²) in [5.41, 5.74) is -0.429. The lowest BCUT2D eigenvalue weighted by molar-refractivity contribution is -0.138. The number of nitrogens with zero attached hydrogens (tertiary/aromatic N) is 5. The van der Waals surface area contributed by atoms with Crippen LogP contribution in [0.3, 0.4) is 0 Å². The molecular weight excluding hydrogens is 393 g/mol. The van der Waals surface area contributed by atoms with E-state index >= 15 is 0 Å². The van der Waals surface area contributed by atoms with E-state index in [1.54, 1.807) is 30.3 Å². The van der Waals surface area contributed by atoms with Crippen LogP contribution in [-0.4, -0.2) is 9.97 Å². The van der Waals surface area contributed by atoms with Crippen molar-refractivity contribution in [2.75, 3.05) is 5.32 Å². The van der Waals surface area contributed by atoms with E-state index in [1.807, 2.05) is 12.1 Å². The molecule has 0 saturated carbocycles. The molecule has 0 aliphatic heterocycles. The quantitative estimate of drug-likeness (QED) is 0.679. The maximum absolute atomic E-state index is 13.5. The molecule has 2 aromatic carbocycles. The second kappa shape index (κ2) is 8.30. The minimum atomic E-state index is -4.74. The summed E-state index contributed by atoms with van der Waals surface area (Å²) in [6, 6.07) is 16.3. The van der Waals surface area contributed by atoms with Crippen molar-refractivity contribution >= 4 is 11.6 Å². The zero-order valence-electron chi connectivity index (χ0n) is 15.1. The van der Waals surface area contributed by atoms with Crippen LogP contribution in [0, 0.1) is 34.0 Å². The van der Waals surface area contributed by atoms with Crippen molar-refractivity contribution < 1.29 is 13.2 Å². The Labute approximate surface area is 169 Å². The second-order valence-electron chi connectivity index (χ2n) is 6.09. The highest BCUT2D eigenvalue weighted by molar-refractivity contribution is 5.55.